The third-order valence-electron chi connectivity index (χ3n) is 22.1. The Morgan fingerprint density at radius 1 is 0.175 bits per heavy atom. The molecule has 0 aliphatic heterocycles. The smallest absolute Gasteiger partial charge is 0.423 e. The molecule has 0 spiro atoms. The van der Waals surface area contributed by atoms with E-state index in [1.165, 1.54) is 0 Å². The van der Waals surface area contributed by atoms with Crippen LogP contribution in [0.1, 0.15) is 0 Å². The van der Waals surface area contributed by atoms with Crippen molar-refractivity contribution in [2.75, 3.05) is 0 Å². The van der Waals surface area contributed by atoms with Crippen LogP contribution < -0.4 is 16.4 Å². The normalized spacial score (nSPS) is 11.2. The summed E-state index contributed by atoms with van der Waals surface area (Å²) in [5, 5.41) is 66.2. The lowest BCUT2D eigenvalue weighted by Crippen LogP contribution is -2.30. The van der Waals surface area contributed by atoms with Gasteiger partial charge in [-0.2, -0.15) is 0 Å². The molecule has 6 heterocycles. The monoisotopic (exact) mass is 1550 g/mol. The van der Waals surface area contributed by atoms with Crippen LogP contribution in [0, 0.1) is 0 Å². The molecular weight excluding hydrogens is 1480 g/mol. The molecule has 21 rings (SSSR count). The highest BCUT2D eigenvalue weighted by Gasteiger charge is 2.26. The van der Waals surface area contributed by atoms with Gasteiger partial charge in [0.15, 0.2) is 5.82 Å². The van der Waals surface area contributed by atoms with Crippen LogP contribution in [0.4, 0.5) is 0 Å². The Morgan fingerprint density at radius 2 is 0.417 bits per heavy atom. The molecule has 0 saturated carbocycles. The number of rotatable bonds is 15. The van der Waals surface area contributed by atoms with Crippen molar-refractivity contribution < 1.29 is 30.1 Å². The number of pyridine rings is 2. The summed E-state index contributed by atoms with van der Waals surface area (Å²) in [5.41, 5.74) is 26.9. The quantitative estimate of drug-likeness (QED) is 0.0539. The van der Waals surface area contributed by atoms with Crippen LogP contribution in [0.2, 0.25) is 0 Å². The van der Waals surface area contributed by atoms with E-state index >= 15 is 0 Å². The minimum atomic E-state index is -1.57. The molecule has 0 atom stereocenters. The summed E-state index contributed by atoms with van der Waals surface area (Å²) in [4.78, 5) is 20.1. The number of aromatic nitrogens is 7. The minimum Gasteiger partial charge on any atom is -0.423 e. The summed E-state index contributed by atoms with van der Waals surface area (Å²) >= 11 is 0. The average molecular weight is 1550 g/mol. The highest BCUT2D eigenvalue weighted by Crippen LogP contribution is 2.40. The van der Waals surface area contributed by atoms with E-state index in [1.54, 1.807) is 18.2 Å². The Bertz CT molecular complexity index is 6470. The van der Waals surface area contributed by atoms with Crippen LogP contribution in [0.3, 0.4) is 0 Å². The molecule has 0 bridgehead atoms. The highest BCUT2D eigenvalue weighted by molar-refractivity contribution is 6.64. The first-order chi connectivity index (χ1) is 59.0. The fraction of sp³-hybridized carbons (Fsp3) is 0. The van der Waals surface area contributed by atoms with Gasteiger partial charge in [-0.3, -0.25) is 0 Å². The summed E-state index contributed by atoms with van der Waals surface area (Å²) < 4.78 is 6.52. The van der Waals surface area contributed by atoms with Gasteiger partial charge in [-0.1, -0.05) is 309 Å². The molecule has 6 aromatic heterocycles. The van der Waals surface area contributed by atoms with E-state index in [9.17, 15) is 30.1 Å². The van der Waals surface area contributed by atoms with Gasteiger partial charge in [0, 0.05) is 88.3 Å². The van der Waals surface area contributed by atoms with Crippen LogP contribution in [-0.2, 0) is 0 Å². The van der Waals surface area contributed by atoms with Crippen molar-refractivity contribution >= 4 is 103 Å². The predicted molar refractivity (Wildman–Crippen MR) is 492 cm³/mol. The summed E-state index contributed by atoms with van der Waals surface area (Å²) in [6.45, 7) is 0. The fourth-order valence-corrected chi connectivity index (χ4v) is 16.6. The average Bonchev–Trinajstić information content (AvgIpc) is 1.59. The van der Waals surface area contributed by atoms with E-state index in [1.807, 2.05) is 206 Å². The molecule has 6 N–H and O–H groups in total. The van der Waals surface area contributed by atoms with E-state index < -0.39 is 21.4 Å². The second-order valence-corrected chi connectivity index (χ2v) is 29.5. The number of hydrogen-bond acceptors (Lipinski definition) is 10. The molecule has 0 radical (unpaired) electrons. The van der Waals surface area contributed by atoms with Crippen LogP contribution >= 0.6 is 0 Å². The lowest BCUT2D eigenvalue weighted by molar-refractivity contribution is 0.425. The van der Waals surface area contributed by atoms with Gasteiger partial charge in [-0.15, -0.1) is 0 Å². The molecule has 16 heteroatoms. The Labute approximate surface area is 693 Å². The van der Waals surface area contributed by atoms with Gasteiger partial charge in [-0.05, 0) is 142 Å². The van der Waals surface area contributed by atoms with Crippen molar-refractivity contribution in [1.82, 2.24) is 33.6 Å². The molecule has 0 saturated heterocycles. The van der Waals surface area contributed by atoms with E-state index in [4.69, 9.17) is 19.9 Å². The summed E-state index contributed by atoms with van der Waals surface area (Å²) in [6.07, 6.45) is 0. The van der Waals surface area contributed by atoms with Crippen molar-refractivity contribution in [3.8, 4) is 118 Å². The zero-order valence-electron chi connectivity index (χ0n) is 64.8. The Hall–Kier alpha value is -15.0. The Kier molecular flexibility index (Phi) is 20.6. The largest absolute Gasteiger partial charge is 0.489 e. The van der Waals surface area contributed by atoms with Crippen molar-refractivity contribution in [2.24, 2.45) is 0 Å². The Balaban J connectivity index is 0.000000119. The first-order valence-electron chi connectivity index (χ1n) is 39.7. The van der Waals surface area contributed by atoms with Gasteiger partial charge in [0.2, 0.25) is 0 Å². The van der Waals surface area contributed by atoms with Crippen LogP contribution in [0.5, 0.6) is 0 Å². The maximum atomic E-state index is 10.1. The number of nitrogens with zero attached hydrogens (tertiary/aromatic N) is 7. The number of benzene rings is 15. The third kappa shape index (κ3) is 14.7. The zero-order chi connectivity index (χ0) is 81.2. The second-order valence-electron chi connectivity index (χ2n) is 29.5. The zero-order valence-corrected chi connectivity index (χ0v) is 64.8. The number of hydrogen-bond donors (Lipinski definition) is 6. The highest BCUT2D eigenvalue weighted by atomic mass is 16.4. The molecule has 0 fully saturated rings. The molecular formula is C104H74B3N7O6. The maximum Gasteiger partial charge on any atom is 0.489 e. The summed E-state index contributed by atoms with van der Waals surface area (Å²) in [6, 6.07) is 138. The van der Waals surface area contributed by atoms with Crippen LogP contribution in [0.15, 0.2) is 413 Å². The van der Waals surface area contributed by atoms with Crippen LogP contribution in [-0.4, -0.2) is 85.1 Å². The van der Waals surface area contributed by atoms with Gasteiger partial charge < -0.3 is 43.8 Å². The SMILES string of the molecule is OB(O)c1cccc2c1c1ccccc1n2-c1cccc(-c2cc(-c3ccccc3)cc(-c3ccccc3)n2)c1.OB(O)c1cccc2c1c1ccccc1n2-c1cccc(-c2cc(-c3ccccc3)nc(-c3ccccc3)c2)c1.OB(O)c1cccc2c1c1ccccc1n2-c1cccc(-c2nc(-c3ccccc3)cc(-c3ccccc3)n2)c1. The molecule has 15 aromatic carbocycles. The summed E-state index contributed by atoms with van der Waals surface area (Å²) in [5.74, 6) is 0.634. The molecule has 0 unspecified atom stereocenters. The standard InChI is InChI=1S/2C35H25BN2O2.C34H24BN3O2/c39-36(40)30-18-10-20-34-35(30)29-17-7-8-19-33(29)38(34)28-16-9-15-26(21-28)27-22-31(24-11-3-1-4-12-24)37-32(23-27)25-13-5-2-6-14-25;39-36(40)30-18-10-20-34-35(30)29-17-7-8-19-33(29)38(34)28-16-9-15-26(21-28)32-23-27(24-11-3-1-4-12-24)22-31(37-32)25-13-5-2-6-14-25;39-35(40)28-18-10-20-32-33(28)27-17-7-8-19-31(27)38(32)26-16-9-15-25(21-26)34-36-29(23-11-3-1-4-12-23)22-30(37-34)24-13-5-2-6-14-24/h2*1-23,39-40H;1-22,39-40H. The molecule has 0 aliphatic rings. The van der Waals surface area contributed by atoms with Gasteiger partial charge in [0.1, 0.15) is 0 Å². The first-order valence-corrected chi connectivity index (χ1v) is 39.7. The number of fused-ring (bicyclic) bond motifs is 9. The summed E-state index contributed by atoms with van der Waals surface area (Å²) in [7, 11) is -4.69. The van der Waals surface area contributed by atoms with E-state index in [-0.39, 0.29) is 0 Å². The second kappa shape index (κ2) is 33.0. The van der Waals surface area contributed by atoms with Crippen molar-refractivity contribution in [1.29, 1.82) is 0 Å². The molecule has 570 valence electrons. The van der Waals surface area contributed by atoms with E-state index in [0.29, 0.717) is 22.2 Å². The van der Waals surface area contributed by atoms with Gasteiger partial charge in [-0.25, -0.2) is 19.9 Å². The first kappa shape index (κ1) is 75.1. The maximum absolute atomic E-state index is 10.1. The van der Waals surface area contributed by atoms with Gasteiger partial charge in [0.25, 0.3) is 0 Å². The topological polar surface area (TPSA) is 188 Å². The van der Waals surface area contributed by atoms with Crippen molar-refractivity contribution in [3.63, 3.8) is 0 Å². The lowest BCUT2D eigenvalue weighted by Gasteiger charge is -2.13. The minimum absolute atomic E-state index is 0.481. The van der Waals surface area contributed by atoms with Crippen molar-refractivity contribution in [3.05, 3.63) is 413 Å². The van der Waals surface area contributed by atoms with Crippen molar-refractivity contribution in [2.45, 2.75) is 0 Å². The van der Waals surface area contributed by atoms with E-state index in [0.717, 1.165) is 178 Å². The number of para-hydroxylation sites is 3. The fourth-order valence-electron chi connectivity index (χ4n) is 16.6. The Morgan fingerprint density at radius 3 is 0.758 bits per heavy atom. The molecule has 120 heavy (non-hydrogen) atoms. The molecule has 0 amide bonds. The molecule has 13 nitrogen and oxygen atoms in total. The van der Waals surface area contributed by atoms with Gasteiger partial charge in [0.05, 0.1) is 67.3 Å². The third-order valence-corrected chi connectivity index (χ3v) is 22.1. The van der Waals surface area contributed by atoms with Gasteiger partial charge >= 0.3 is 21.4 Å². The predicted octanol–water partition coefficient (Wildman–Crippen LogP) is 20.0. The van der Waals surface area contributed by atoms with E-state index in [2.05, 4.69) is 202 Å². The van der Waals surface area contributed by atoms with Crippen LogP contribution in [0.25, 0.3) is 184 Å². The lowest BCUT2D eigenvalue weighted by atomic mass is 9.77. The molecule has 0 aliphatic carbocycles. The molecule has 21 aromatic rings.